The second kappa shape index (κ2) is 5.95. The van der Waals surface area contributed by atoms with Crippen molar-refractivity contribution < 1.29 is 10.0 Å². The highest BCUT2D eigenvalue weighted by Gasteiger charge is 2.10. The molecule has 0 saturated heterocycles. The molecule has 0 aromatic heterocycles. The Morgan fingerprint density at radius 2 is 2.09 bits per heavy atom. The van der Waals surface area contributed by atoms with E-state index in [2.05, 4.69) is 6.58 Å². The van der Waals surface area contributed by atoms with E-state index in [1.165, 1.54) is 0 Å². The van der Waals surface area contributed by atoms with E-state index in [0.29, 0.717) is 11.9 Å². The Hall–Kier alpha value is -0.795. The van der Waals surface area contributed by atoms with Crippen LogP contribution < -0.4 is 0 Å². The van der Waals surface area contributed by atoms with Crippen LogP contribution in [-0.2, 0) is 0 Å². The van der Waals surface area contributed by atoms with E-state index in [-0.39, 0.29) is 0 Å². The molecule has 0 atom stereocenters. The van der Waals surface area contributed by atoms with Gasteiger partial charge in [0.05, 0.1) is 0 Å². The van der Waals surface area contributed by atoms with Gasteiger partial charge in [0, 0.05) is 0 Å². The Morgan fingerprint density at radius 3 is 2.45 bits per heavy atom. The summed E-state index contributed by atoms with van der Waals surface area (Å²) in [6.07, 6.45) is 7.41. The Labute approximate surface area is 67.7 Å². The molecule has 11 heavy (non-hydrogen) atoms. The molecule has 2 nitrogen and oxygen atoms in total. The Kier molecular flexibility index (Phi) is 5.52. The highest BCUT2D eigenvalue weighted by Crippen LogP contribution is 2.01. The van der Waals surface area contributed by atoms with Crippen molar-refractivity contribution in [2.24, 2.45) is 0 Å². The lowest BCUT2D eigenvalue weighted by atomic mass is 9.77. The largest absolute Gasteiger partial charge is 0.484 e. The van der Waals surface area contributed by atoms with Crippen LogP contribution in [0.25, 0.3) is 0 Å². The van der Waals surface area contributed by atoms with Gasteiger partial charge in [0.25, 0.3) is 0 Å². The van der Waals surface area contributed by atoms with E-state index in [4.69, 9.17) is 10.0 Å². The minimum absolute atomic E-state index is 0.600. The zero-order valence-corrected chi connectivity index (χ0v) is 6.70. The van der Waals surface area contributed by atoms with Crippen LogP contribution in [0.2, 0.25) is 0 Å². The SMILES string of the molecule is C=C/C=C\C=C(/CC)B(O)O. The zero-order valence-electron chi connectivity index (χ0n) is 6.70. The molecular weight excluding hydrogens is 139 g/mol. The first kappa shape index (κ1) is 10.2. The van der Waals surface area contributed by atoms with Crippen LogP contribution in [0.1, 0.15) is 13.3 Å². The van der Waals surface area contributed by atoms with Gasteiger partial charge in [-0.05, 0) is 11.9 Å². The summed E-state index contributed by atoms with van der Waals surface area (Å²) in [6.45, 7) is 5.36. The molecule has 0 saturated carbocycles. The number of rotatable bonds is 4. The summed E-state index contributed by atoms with van der Waals surface area (Å²) in [7, 11) is -1.34. The normalized spacial score (nSPS) is 12.1. The van der Waals surface area contributed by atoms with Crippen molar-refractivity contribution in [2.75, 3.05) is 0 Å². The molecule has 0 bridgehead atoms. The molecule has 0 radical (unpaired) electrons. The van der Waals surface area contributed by atoms with Crippen molar-refractivity contribution in [3.8, 4) is 0 Å². The third-order valence-corrected chi connectivity index (χ3v) is 1.30. The molecule has 0 unspecified atom stereocenters. The molecule has 0 spiro atoms. The molecule has 3 heteroatoms. The first-order valence-corrected chi connectivity index (χ1v) is 3.56. The second-order valence-corrected chi connectivity index (χ2v) is 2.09. The van der Waals surface area contributed by atoms with Gasteiger partial charge in [-0.1, -0.05) is 37.8 Å². The smallest absolute Gasteiger partial charge is 0.423 e. The average Bonchev–Trinajstić information content (AvgIpc) is 1.97. The lowest BCUT2D eigenvalue weighted by Gasteiger charge is -1.98. The van der Waals surface area contributed by atoms with Gasteiger partial charge >= 0.3 is 7.12 Å². The van der Waals surface area contributed by atoms with Crippen LogP contribution >= 0.6 is 0 Å². The van der Waals surface area contributed by atoms with Gasteiger partial charge in [0.1, 0.15) is 0 Å². The molecule has 0 fully saturated rings. The maximum Gasteiger partial charge on any atom is 0.484 e. The molecule has 0 aromatic carbocycles. The lowest BCUT2D eigenvalue weighted by molar-refractivity contribution is 0.417. The Bertz CT molecular complexity index is 171. The third-order valence-electron chi connectivity index (χ3n) is 1.30. The second-order valence-electron chi connectivity index (χ2n) is 2.09. The molecular formula is C8H13BO2. The van der Waals surface area contributed by atoms with Crippen molar-refractivity contribution in [1.29, 1.82) is 0 Å². The van der Waals surface area contributed by atoms with E-state index < -0.39 is 7.12 Å². The topological polar surface area (TPSA) is 40.5 Å². The van der Waals surface area contributed by atoms with Gasteiger partial charge in [-0.2, -0.15) is 0 Å². The Morgan fingerprint density at radius 1 is 1.45 bits per heavy atom. The summed E-state index contributed by atoms with van der Waals surface area (Å²) in [5.74, 6) is 0. The van der Waals surface area contributed by atoms with Crippen LogP contribution in [0.5, 0.6) is 0 Å². The van der Waals surface area contributed by atoms with Gasteiger partial charge < -0.3 is 10.0 Å². The van der Waals surface area contributed by atoms with Crippen LogP contribution in [0.4, 0.5) is 0 Å². The van der Waals surface area contributed by atoms with Crippen LogP contribution in [0.15, 0.2) is 36.4 Å². The predicted molar refractivity (Wildman–Crippen MR) is 47.9 cm³/mol. The highest BCUT2D eigenvalue weighted by atomic mass is 16.4. The summed E-state index contributed by atoms with van der Waals surface area (Å²) in [5, 5.41) is 17.5. The molecule has 60 valence electrons. The fourth-order valence-corrected chi connectivity index (χ4v) is 0.644. The van der Waals surface area contributed by atoms with Crippen molar-refractivity contribution in [1.82, 2.24) is 0 Å². The fraction of sp³-hybridized carbons (Fsp3) is 0.250. The molecule has 0 amide bonds. The van der Waals surface area contributed by atoms with Gasteiger partial charge in [-0.25, -0.2) is 0 Å². The van der Waals surface area contributed by atoms with Gasteiger partial charge in [0.2, 0.25) is 0 Å². The molecule has 0 rings (SSSR count). The van der Waals surface area contributed by atoms with Crippen LogP contribution in [0.3, 0.4) is 0 Å². The van der Waals surface area contributed by atoms with Gasteiger partial charge in [-0.15, -0.1) is 0 Å². The molecule has 0 aromatic rings. The lowest BCUT2D eigenvalue weighted by Crippen LogP contribution is -2.14. The van der Waals surface area contributed by atoms with Crippen molar-refractivity contribution in [3.63, 3.8) is 0 Å². The van der Waals surface area contributed by atoms with E-state index >= 15 is 0 Å². The Balaban J connectivity index is 4.11. The van der Waals surface area contributed by atoms with Crippen molar-refractivity contribution in [2.45, 2.75) is 13.3 Å². The first-order chi connectivity index (χ1) is 5.22. The van der Waals surface area contributed by atoms with Crippen LogP contribution in [-0.4, -0.2) is 17.2 Å². The summed E-state index contributed by atoms with van der Waals surface area (Å²) < 4.78 is 0. The summed E-state index contributed by atoms with van der Waals surface area (Å²) in [6, 6.07) is 0. The standard InChI is InChI=1S/C8H13BO2/c1-3-5-6-7-8(4-2)9(10)11/h3,5-7,10-11H,1,4H2,2H3/b6-5-,8-7+. The minimum Gasteiger partial charge on any atom is -0.423 e. The number of hydrogen-bond donors (Lipinski definition) is 2. The molecule has 0 heterocycles. The van der Waals surface area contributed by atoms with E-state index in [1.54, 1.807) is 24.3 Å². The average molecular weight is 152 g/mol. The number of allylic oxidation sites excluding steroid dienone is 5. The molecule has 2 N–H and O–H groups in total. The maximum atomic E-state index is 8.74. The van der Waals surface area contributed by atoms with E-state index in [1.807, 2.05) is 6.92 Å². The van der Waals surface area contributed by atoms with Gasteiger partial charge in [0.15, 0.2) is 0 Å². The minimum atomic E-state index is -1.34. The third kappa shape index (κ3) is 4.59. The monoisotopic (exact) mass is 152 g/mol. The quantitative estimate of drug-likeness (QED) is 0.467. The van der Waals surface area contributed by atoms with E-state index in [9.17, 15) is 0 Å². The summed E-state index contributed by atoms with van der Waals surface area (Å²) >= 11 is 0. The maximum absolute atomic E-state index is 8.74. The van der Waals surface area contributed by atoms with E-state index in [0.717, 1.165) is 0 Å². The fourth-order valence-electron chi connectivity index (χ4n) is 0.644. The molecule has 0 aliphatic heterocycles. The highest BCUT2D eigenvalue weighted by molar-refractivity contribution is 6.50. The van der Waals surface area contributed by atoms with Gasteiger partial charge in [-0.3, -0.25) is 0 Å². The first-order valence-electron chi connectivity index (χ1n) is 3.56. The zero-order chi connectivity index (χ0) is 8.69. The predicted octanol–water partition coefficient (Wildman–Crippen LogP) is 1.08. The van der Waals surface area contributed by atoms with Crippen LogP contribution in [0, 0.1) is 0 Å². The summed E-state index contributed by atoms with van der Waals surface area (Å²) in [5.41, 5.74) is 0.600. The number of hydrogen-bond acceptors (Lipinski definition) is 2. The molecule has 0 aliphatic carbocycles. The van der Waals surface area contributed by atoms with Crippen molar-refractivity contribution in [3.05, 3.63) is 36.4 Å². The summed E-state index contributed by atoms with van der Waals surface area (Å²) in [4.78, 5) is 0. The van der Waals surface area contributed by atoms with Crippen molar-refractivity contribution >= 4 is 7.12 Å². The molecule has 0 aliphatic rings.